The fourth-order valence-corrected chi connectivity index (χ4v) is 7.34. The van der Waals surface area contributed by atoms with Gasteiger partial charge >= 0.3 is 12.0 Å². The summed E-state index contributed by atoms with van der Waals surface area (Å²) < 4.78 is 46.6. The molecule has 0 aliphatic heterocycles. The zero-order valence-electron chi connectivity index (χ0n) is 30.8. The number of hydrogen-bond acceptors (Lipinski definition) is 13. The normalized spacial score (nSPS) is 17.6. The van der Waals surface area contributed by atoms with Crippen molar-refractivity contribution < 1.29 is 57.8 Å². The molecule has 1 aromatic heterocycles. The van der Waals surface area contributed by atoms with E-state index in [1.54, 1.807) is 6.20 Å². The summed E-state index contributed by atoms with van der Waals surface area (Å²) in [5.41, 5.74) is 2.71. The van der Waals surface area contributed by atoms with E-state index in [0.717, 1.165) is 55.2 Å². The number of unbranched alkanes of at least 4 members (excludes halogenated alkanes) is 1. The summed E-state index contributed by atoms with van der Waals surface area (Å²) >= 11 is 6.52. The lowest BCUT2D eigenvalue weighted by atomic mass is 9.96. The molecule has 3 aromatic rings. The highest BCUT2D eigenvalue weighted by Gasteiger charge is 2.48. The van der Waals surface area contributed by atoms with Crippen LogP contribution in [0.3, 0.4) is 0 Å². The van der Waals surface area contributed by atoms with Crippen molar-refractivity contribution >= 4 is 33.6 Å². The third-order valence-corrected chi connectivity index (χ3v) is 11.5. The number of aliphatic hydroxyl groups is 5. The molecule has 2 amide bonds. The SMILES string of the molecule is COC(=O)[C@H](CCCCNS(=O)(=O)c1ccc(Cl)c(COC2(c3cnccc3-c3ccccc3OC3CC3)CC2)c1)NC(=O)NC[C@H](O)[C@@H](O)[C@H](O)[C@H](O)CO. The van der Waals surface area contributed by atoms with Crippen molar-refractivity contribution in [3.05, 3.63) is 77.1 Å². The molecule has 16 nitrogen and oxygen atoms in total. The number of rotatable bonds is 22. The van der Waals surface area contributed by atoms with Crippen LogP contribution < -0.4 is 20.1 Å². The van der Waals surface area contributed by atoms with E-state index in [1.807, 2.05) is 36.5 Å². The number of para-hydroxylation sites is 1. The Kier molecular flexibility index (Phi) is 15.0. The van der Waals surface area contributed by atoms with Gasteiger partial charge in [0.15, 0.2) is 0 Å². The monoisotopic (exact) mass is 820 g/mol. The van der Waals surface area contributed by atoms with Crippen molar-refractivity contribution in [2.45, 2.75) is 98.6 Å². The molecule has 5 atom stereocenters. The number of pyridine rings is 1. The number of benzene rings is 2. The van der Waals surface area contributed by atoms with Crippen LogP contribution in [0.4, 0.5) is 4.79 Å². The highest BCUT2D eigenvalue weighted by Crippen LogP contribution is 2.53. The zero-order chi connectivity index (χ0) is 40.5. The van der Waals surface area contributed by atoms with Gasteiger partial charge in [-0.05, 0) is 86.4 Å². The van der Waals surface area contributed by atoms with Crippen LogP contribution in [0, 0.1) is 0 Å². The number of methoxy groups -OCH3 is 1. The zero-order valence-corrected chi connectivity index (χ0v) is 32.4. The van der Waals surface area contributed by atoms with Gasteiger partial charge in [0.05, 0.1) is 43.0 Å². The lowest BCUT2D eigenvalue weighted by Crippen LogP contribution is -2.52. The van der Waals surface area contributed by atoms with Crippen LogP contribution in [0.5, 0.6) is 5.75 Å². The maximum Gasteiger partial charge on any atom is 0.328 e. The molecule has 0 unspecified atom stereocenters. The summed E-state index contributed by atoms with van der Waals surface area (Å²) in [4.78, 5) is 29.1. The van der Waals surface area contributed by atoms with Gasteiger partial charge in [0.1, 0.15) is 30.1 Å². The molecule has 8 N–H and O–H groups in total. The van der Waals surface area contributed by atoms with Crippen molar-refractivity contribution in [1.82, 2.24) is 20.3 Å². The van der Waals surface area contributed by atoms with E-state index in [4.69, 9.17) is 30.9 Å². The molecule has 0 spiro atoms. The third kappa shape index (κ3) is 11.4. The molecule has 0 bridgehead atoms. The standard InChI is InChI=1S/C38H49ClN4O12S/c1-53-36(49)30(43-37(50)41-20-31(45)34(47)35(48)32(46)21-44)7-4-5-16-42-56(51,52)25-11-12-29(39)23(18-25)22-54-38(14-15-38)28-19-40-17-13-26(28)27-6-2-3-8-33(27)55-24-9-10-24/h2-3,6,8,11-13,17-19,24,30-32,34-35,42,44-48H,4-5,7,9-10,14-16,20-22H2,1H3,(H2,41,43,50)/t30-,31-,32+,34+,35+/m0/s1. The molecular formula is C38H49ClN4O12S. The van der Waals surface area contributed by atoms with E-state index < -0.39 is 71.2 Å². The number of aromatic nitrogens is 1. The number of nitrogens with zero attached hydrogens (tertiary/aromatic N) is 1. The van der Waals surface area contributed by atoms with Gasteiger partial charge in [0.25, 0.3) is 0 Å². The van der Waals surface area contributed by atoms with Gasteiger partial charge in [-0.15, -0.1) is 0 Å². The Morgan fingerprint density at radius 1 is 1.00 bits per heavy atom. The number of hydrogen-bond donors (Lipinski definition) is 8. The fraction of sp³-hybridized carbons (Fsp3) is 0.500. The van der Waals surface area contributed by atoms with E-state index in [9.17, 15) is 38.4 Å². The van der Waals surface area contributed by atoms with Crippen LogP contribution in [-0.4, -0.2) is 114 Å². The Balaban J connectivity index is 1.12. The number of carbonyl (C=O) groups excluding carboxylic acids is 2. The summed E-state index contributed by atoms with van der Waals surface area (Å²) in [5, 5.41) is 53.0. The molecule has 0 radical (unpaired) electrons. The minimum atomic E-state index is -3.97. The van der Waals surface area contributed by atoms with Crippen LogP contribution in [0.1, 0.15) is 56.1 Å². The second-order valence-electron chi connectivity index (χ2n) is 13.9. The van der Waals surface area contributed by atoms with E-state index in [1.165, 1.54) is 18.2 Å². The van der Waals surface area contributed by atoms with Crippen LogP contribution in [0.25, 0.3) is 11.1 Å². The summed E-state index contributed by atoms with van der Waals surface area (Å²) in [6.07, 6.45) is 0.843. The van der Waals surface area contributed by atoms with Gasteiger partial charge in [-0.25, -0.2) is 22.7 Å². The first-order chi connectivity index (χ1) is 26.8. The molecule has 56 heavy (non-hydrogen) atoms. The summed E-state index contributed by atoms with van der Waals surface area (Å²) in [6, 6.07) is 12.2. The minimum absolute atomic E-state index is 0.00460. The van der Waals surface area contributed by atoms with Crippen molar-refractivity contribution in [3.8, 4) is 16.9 Å². The summed E-state index contributed by atoms with van der Waals surface area (Å²) in [7, 11) is -2.84. The molecule has 0 saturated heterocycles. The molecule has 18 heteroatoms. The minimum Gasteiger partial charge on any atom is -0.490 e. The molecule has 1 heterocycles. The second-order valence-corrected chi connectivity index (χ2v) is 16.1. The van der Waals surface area contributed by atoms with Crippen molar-refractivity contribution in [1.29, 1.82) is 0 Å². The molecule has 306 valence electrons. The van der Waals surface area contributed by atoms with Crippen LogP contribution in [0.2, 0.25) is 5.02 Å². The average Bonchev–Trinajstić information content (AvgIpc) is 4.15. The number of esters is 1. The maximum absolute atomic E-state index is 13.3. The topological polar surface area (TPSA) is 246 Å². The molecule has 2 saturated carbocycles. The Bertz CT molecular complexity index is 1910. The van der Waals surface area contributed by atoms with Crippen LogP contribution in [0.15, 0.2) is 65.8 Å². The van der Waals surface area contributed by atoms with Gasteiger partial charge in [-0.2, -0.15) is 0 Å². The first kappa shape index (κ1) is 43.2. The van der Waals surface area contributed by atoms with Gasteiger partial charge in [0.2, 0.25) is 10.0 Å². The molecule has 2 fully saturated rings. The number of nitrogens with one attached hydrogen (secondary N) is 3. The van der Waals surface area contributed by atoms with Crippen molar-refractivity contribution in [2.75, 3.05) is 26.8 Å². The Morgan fingerprint density at radius 2 is 1.73 bits per heavy atom. The summed E-state index contributed by atoms with van der Waals surface area (Å²) in [6.45, 7) is -1.35. The Hall–Kier alpha value is -3.91. The largest absolute Gasteiger partial charge is 0.490 e. The molecule has 2 aromatic carbocycles. The third-order valence-electron chi connectivity index (χ3n) is 9.64. The Labute approximate surface area is 330 Å². The second kappa shape index (κ2) is 19.5. The molecule has 5 rings (SSSR count). The highest BCUT2D eigenvalue weighted by atomic mass is 35.5. The first-order valence-electron chi connectivity index (χ1n) is 18.4. The number of halogens is 1. The maximum atomic E-state index is 13.3. The highest BCUT2D eigenvalue weighted by molar-refractivity contribution is 7.89. The molecular weight excluding hydrogens is 772 g/mol. The molecule has 2 aliphatic carbocycles. The van der Waals surface area contributed by atoms with Gasteiger partial charge in [0, 0.05) is 41.6 Å². The Morgan fingerprint density at radius 3 is 2.43 bits per heavy atom. The smallest absolute Gasteiger partial charge is 0.328 e. The predicted molar refractivity (Wildman–Crippen MR) is 203 cm³/mol. The van der Waals surface area contributed by atoms with Gasteiger partial charge < -0.3 is 50.4 Å². The number of urea groups is 1. The lowest BCUT2D eigenvalue weighted by Gasteiger charge is -2.26. The van der Waals surface area contributed by atoms with E-state index in [0.29, 0.717) is 23.4 Å². The number of carbonyl (C=O) groups is 2. The number of amides is 2. The van der Waals surface area contributed by atoms with E-state index in [2.05, 4.69) is 20.3 Å². The number of sulfonamides is 1. The summed E-state index contributed by atoms with van der Waals surface area (Å²) in [5.74, 6) is 0.0423. The fourth-order valence-electron chi connectivity index (χ4n) is 6.04. The molecule has 2 aliphatic rings. The van der Waals surface area contributed by atoms with E-state index >= 15 is 0 Å². The first-order valence-corrected chi connectivity index (χ1v) is 20.2. The van der Waals surface area contributed by atoms with Gasteiger partial charge in [-0.1, -0.05) is 29.8 Å². The predicted octanol–water partition coefficient (Wildman–Crippen LogP) is 1.87. The number of ether oxygens (including phenoxy) is 3. The quantitative estimate of drug-likeness (QED) is 0.0534. The van der Waals surface area contributed by atoms with Crippen molar-refractivity contribution in [3.63, 3.8) is 0 Å². The van der Waals surface area contributed by atoms with Crippen LogP contribution in [-0.2, 0) is 36.5 Å². The lowest BCUT2D eigenvalue weighted by molar-refractivity contribution is -0.143. The van der Waals surface area contributed by atoms with E-state index in [-0.39, 0.29) is 30.6 Å². The van der Waals surface area contributed by atoms with Gasteiger partial charge in [-0.3, -0.25) is 4.98 Å². The van der Waals surface area contributed by atoms with Crippen LogP contribution >= 0.6 is 11.6 Å². The number of aliphatic hydroxyl groups excluding tert-OH is 5. The van der Waals surface area contributed by atoms with Crippen molar-refractivity contribution in [2.24, 2.45) is 0 Å². The average molecular weight is 821 g/mol.